The largest absolute Gasteiger partial charge is 0.0883 e. The molecule has 0 aromatic carbocycles. The smallest absolute Gasteiger partial charge is 0.0175 e. The van der Waals surface area contributed by atoms with Gasteiger partial charge in [-0.2, -0.15) is 0 Å². The van der Waals surface area contributed by atoms with Gasteiger partial charge in [-0.3, -0.25) is 0 Å². The lowest BCUT2D eigenvalue weighted by atomic mass is 9.83. The molecule has 0 bridgehead atoms. The fourth-order valence-electron chi connectivity index (χ4n) is 2.38. The Labute approximate surface area is 102 Å². The third-order valence-corrected chi connectivity index (χ3v) is 3.64. The van der Waals surface area contributed by atoms with Gasteiger partial charge in [-0.05, 0) is 56.3 Å². The summed E-state index contributed by atoms with van der Waals surface area (Å²) in [5.41, 5.74) is 0.498. The fraction of sp³-hybridized carbons (Fsp3) is 0.750. The van der Waals surface area contributed by atoms with Gasteiger partial charge in [0.25, 0.3) is 0 Å². The van der Waals surface area contributed by atoms with Gasteiger partial charge in [-0.1, -0.05) is 45.1 Å². The zero-order valence-corrected chi connectivity index (χ0v) is 11.3. The van der Waals surface area contributed by atoms with E-state index < -0.39 is 0 Å². The molecule has 0 aromatic rings. The molecule has 16 heavy (non-hydrogen) atoms. The number of allylic oxidation sites excluding steroid dienone is 4. The van der Waals surface area contributed by atoms with Gasteiger partial charge < -0.3 is 0 Å². The molecular formula is C16H28. The zero-order valence-electron chi connectivity index (χ0n) is 11.3. The van der Waals surface area contributed by atoms with Crippen LogP contribution in [0, 0.1) is 11.3 Å². The van der Waals surface area contributed by atoms with Gasteiger partial charge in [0, 0.05) is 0 Å². The van der Waals surface area contributed by atoms with Gasteiger partial charge in [0.1, 0.15) is 0 Å². The highest BCUT2D eigenvalue weighted by Crippen LogP contribution is 2.28. The van der Waals surface area contributed by atoms with Crippen LogP contribution in [-0.2, 0) is 0 Å². The minimum Gasteiger partial charge on any atom is -0.0883 e. The quantitative estimate of drug-likeness (QED) is 0.511. The summed E-state index contributed by atoms with van der Waals surface area (Å²) >= 11 is 0. The number of hydrogen-bond acceptors (Lipinski definition) is 0. The summed E-state index contributed by atoms with van der Waals surface area (Å²) in [6.07, 6.45) is 18.8. The van der Waals surface area contributed by atoms with E-state index in [9.17, 15) is 0 Å². The second-order valence-electron chi connectivity index (χ2n) is 5.81. The molecule has 0 N–H and O–H groups in total. The average molecular weight is 220 g/mol. The molecule has 0 heteroatoms. The van der Waals surface area contributed by atoms with E-state index in [4.69, 9.17) is 0 Å². The van der Waals surface area contributed by atoms with Crippen LogP contribution in [0.25, 0.3) is 0 Å². The minimum atomic E-state index is 0.498. The van der Waals surface area contributed by atoms with E-state index in [1.165, 1.54) is 44.9 Å². The molecule has 2 aliphatic rings. The lowest BCUT2D eigenvalue weighted by Crippen LogP contribution is -2.09. The van der Waals surface area contributed by atoms with Crippen molar-refractivity contribution in [3.8, 4) is 0 Å². The molecule has 0 aliphatic heterocycles. The maximum Gasteiger partial charge on any atom is -0.0175 e. The molecule has 1 atom stereocenters. The minimum absolute atomic E-state index is 0.498. The molecule has 0 radical (unpaired) electrons. The highest BCUT2D eigenvalue weighted by Gasteiger charge is 2.14. The molecule has 0 fully saturated rings. The molecule has 0 saturated heterocycles. The van der Waals surface area contributed by atoms with Crippen LogP contribution in [-0.4, -0.2) is 0 Å². The first kappa shape index (κ1) is 13.5. The van der Waals surface area contributed by atoms with Crippen molar-refractivity contribution in [1.82, 2.24) is 0 Å². The van der Waals surface area contributed by atoms with Crippen molar-refractivity contribution in [1.29, 1.82) is 0 Å². The third-order valence-electron chi connectivity index (χ3n) is 3.64. The highest BCUT2D eigenvalue weighted by molar-refractivity contribution is 4.98. The van der Waals surface area contributed by atoms with Crippen LogP contribution in [0.2, 0.25) is 0 Å². The Morgan fingerprint density at radius 2 is 1.88 bits per heavy atom. The maximum atomic E-state index is 2.36. The SMILES string of the molecule is CC1(C)C=CCCC1.CCC1C=CCCC1. The van der Waals surface area contributed by atoms with Crippen LogP contribution in [0.1, 0.15) is 65.7 Å². The summed E-state index contributed by atoms with van der Waals surface area (Å²) in [7, 11) is 0. The Kier molecular flexibility index (Phi) is 5.87. The average Bonchev–Trinajstić information content (AvgIpc) is 2.31. The second-order valence-corrected chi connectivity index (χ2v) is 5.81. The zero-order chi connectivity index (χ0) is 11.9. The van der Waals surface area contributed by atoms with Crippen molar-refractivity contribution >= 4 is 0 Å². The van der Waals surface area contributed by atoms with Gasteiger partial charge in [0.15, 0.2) is 0 Å². The monoisotopic (exact) mass is 220 g/mol. The van der Waals surface area contributed by atoms with Crippen molar-refractivity contribution in [3.63, 3.8) is 0 Å². The number of hydrogen-bond donors (Lipinski definition) is 0. The molecule has 0 amide bonds. The molecule has 0 heterocycles. The molecule has 2 rings (SSSR count). The van der Waals surface area contributed by atoms with Crippen LogP contribution >= 0.6 is 0 Å². The summed E-state index contributed by atoms with van der Waals surface area (Å²) in [4.78, 5) is 0. The van der Waals surface area contributed by atoms with E-state index in [1.807, 2.05) is 0 Å². The van der Waals surface area contributed by atoms with E-state index in [0.717, 1.165) is 5.92 Å². The summed E-state index contributed by atoms with van der Waals surface area (Å²) in [5.74, 6) is 0.906. The first-order valence-corrected chi connectivity index (χ1v) is 6.98. The number of rotatable bonds is 1. The summed E-state index contributed by atoms with van der Waals surface area (Å²) < 4.78 is 0. The molecule has 0 spiro atoms. The molecule has 0 nitrogen and oxygen atoms in total. The van der Waals surface area contributed by atoms with Gasteiger partial charge in [0.05, 0.1) is 0 Å². The Balaban J connectivity index is 0.000000160. The molecule has 0 aromatic heterocycles. The summed E-state index contributed by atoms with van der Waals surface area (Å²) in [6, 6.07) is 0. The van der Waals surface area contributed by atoms with Gasteiger partial charge in [-0.15, -0.1) is 0 Å². The van der Waals surface area contributed by atoms with Gasteiger partial charge in [-0.25, -0.2) is 0 Å². The van der Waals surface area contributed by atoms with E-state index >= 15 is 0 Å². The summed E-state index contributed by atoms with van der Waals surface area (Å²) in [5, 5.41) is 0. The third kappa shape index (κ3) is 5.53. The molecule has 1 unspecified atom stereocenters. The van der Waals surface area contributed by atoms with Crippen molar-refractivity contribution in [2.45, 2.75) is 65.7 Å². The first-order chi connectivity index (χ1) is 7.64. The van der Waals surface area contributed by atoms with E-state index in [-0.39, 0.29) is 0 Å². The normalized spacial score (nSPS) is 27.1. The molecular weight excluding hydrogens is 192 g/mol. The van der Waals surface area contributed by atoms with Crippen molar-refractivity contribution in [2.75, 3.05) is 0 Å². The van der Waals surface area contributed by atoms with Crippen LogP contribution in [0.5, 0.6) is 0 Å². The second kappa shape index (κ2) is 6.93. The van der Waals surface area contributed by atoms with Crippen LogP contribution in [0.3, 0.4) is 0 Å². The lowest BCUT2D eigenvalue weighted by Gasteiger charge is -2.22. The molecule has 2 aliphatic carbocycles. The standard InChI is InChI=1S/2C8H14/c1-8(2)6-4-3-5-7-8;1-2-8-6-4-3-5-7-8/h4,6H,3,5,7H2,1-2H3;4,6,8H,2-3,5,7H2,1H3. The lowest BCUT2D eigenvalue weighted by molar-refractivity contribution is 0.406. The topological polar surface area (TPSA) is 0 Å². The van der Waals surface area contributed by atoms with E-state index in [0.29, 0.717) is 5.41 Å². The van der Waals surface area contributed by atoms with Crippen LogP contribution < -0.4 is 0 Å². The first-order valence-electron chi connectivity index (χ1n) is 6.98. The summed E-state index contributed by atoms with van der Waals surface area (Å²) in [6.45, 7) is 6.85. The molecule has 0 saturated carbocycles. The van der Waals surface area contributed by atoms with E-state index in [2.05, 4.69) is 45.1 Å². The molecule has 92 valence electrons. The van der Waals surface area contributed by atoms with E-state index in [1.54, 1.807) is 0 Å². The van der Waals surface area contributed by atoms with Crippen molar-refractivity contribution in [3.05, 3.63) is 24.3 Å². The Morgan fingerprint density at radius 3 is 2.19 bits per heavy atom. The predicted octanol–water partition coefficient (Wildman–Crippen LogP) is 5.51. The van der Waals surface area contributed by atoms with Crippen molar-refractivity contribution in [2.24, 2.45) is 11.3 Å². The Morgan fingerprint density at radius 1 is 1.12 bits per heavy atom. The predicted molar refractivity (Wildman–Crippen MR) is 73.5 cm³/mol. The van der Waals surface area contributed by atoms with Gasteiger partial charge >= 0.3 is 0 Å². The Hall–Kier alpha value is -0.520. The van der Waals surface area contributed by atoms with Crippen LogP contribution in [0.15, 0.2) is 24.3 Å². The van der Waals surface area contributed by atoms with Crippen LogP contribution in [0.4, 0.5) is 0 Å². The highest BCUT2D eigenvalue weighted by atomic mass is 14.2. The van der Waals surface area contributed by atoms with Gasteiger partial charge in [0.2, 0.25) is 0 Å². The Bertz CT molecular complexity index is 232. The fourth-order valence-corrected chi connectivity index (χ4v) is 2.38. The maximum absolute atomic E-state index is 2.36. The van der Waals surface area contributed by atoms with Crippen molar-refractivity contribution < 1.29 is 0 Å².